The van der Waals surface area contributed by atoms with Crippen molar-refractivity contribution in [3.05, 3.63) is 65.5 Å². The van der Waals surface area contributed by atoms with Crippen LogP contribution in [0, 0.1) is 0 Å². The molecule has 1 fully saturated rings. The van der Waals surface area contributed by atoms with Crippen LogP contribution >= 0.6 is 0 Å². The van der Waals surface area contributed by atoms with Gasteiger partial charge in [0.05, 0.1) is 6.04 Å². The summed E-state index contributed by atoms with van der Waals surface area (Å²) in [5.74, 6) is -0.735. The van der Waals surface area contributed by atoms with Crippen molar-refractivity contribution in [2.24, 2.45) is 0 Å². The zero-order chi connectivity index (χ0) is 16.2. The fraction of sp³-hybridized carbons (Fsp3) is 0.368. The lowest BCUT2D eigenvalue weighted by atomic mass is 9.96. The molecule has 1 aliphatic heterocycles. The van der Waals surface area contributed by atoms with E-state index in [2.05, 4.69) is 41.1 Å². The van der Waals surface area contributed by atoms with Crippen LogP contribution in [0.1, 0.15) is 42.5 Å². The summed E-state index contributed by atoms with van der Waals surface area (Å²) in [6.07, 6.45) is 6.22. The van der Waals surface area contributed by atoms with Crippen molar-refractivity contribution in [3.63, 3.8) is 0 Å². The molecule has 1 N–H and O–H groups in total. The van der Waals surface area contributed by atoms with Gasteiger partial charge in [0.15, 0.2) is 0 Å². The van der Waals surface area contributed by atoms with Crippen molar-refractivity contribution in [3.8, 4) is 0 Å². The fourth-order valence-electron chi connectivity index (χ4n) is 3.41. The third kappa shape index (κ3) is 3.27. The molecule has 1 aromatic heterocycles. The Morgan fingerprint density at radius 2 is 2.09 bits per heavy atom. The molecule has 23 heavy (non-hydrogen) atoms. The van der Waals surface area contributed by atoms with Crippen molar-refractivity contribution in [1.82, 2.24) is 9.88 Å². The van der Waals surface area contributed by atoms with Gasteiger partial charge in [-0.05, 0) is 42.0 Å². The number of carbonyl (C=O) groups is 1. The average Bonchev–Trinajstić information content (AvgIpc) is 3.06. The summed E-state index contributed by atoms with van der Waals surface area (Å²) in [5.41, 5.74) is 3.46. The predicted octanol–water partition coefficient (Wildman–Crippen LogP) is 3.28. The second-order valence-corrected chi connectivity index (χ2v) is 6.02. The molecular weight excluding hydrogens is 288 g/mol. The normalized spacial score (nSPS) is 19.6. The molecule has 3 rings (SSSR count). The largest absolute Gasteiger partial charge is 0.480 e. The van der Waals surface area contributed by atoms with E-state index in [0.717, 1.165) is 30.5 Å². The molecular formula is C19H22N2O2. The molecule has 2 atom stereocenters. The van der Waals surface area contributed by atoms with E-state index in [4.69, 9.17) is 0 Å². The van der Waals surface area contributed by atoms with E-state index in [9.17, 15) is 9.90 Å². The highest BCUT2D eigenvalue weighted by molar-refractivity contribution is 5.74. The molecule has 0 radical (unpaired) electrons. The van der Waals surface area contributed by atoms with Crippen LogP contribution in [0.4, 0.5) is 0 Å². The Kier molecular flexibility index (Phi) is 4.72. The van der Waals surface area contributed by atoms with Gasteiger partial charge in [0.2, 0.25) is 0 Å². The van der Waals surface area contributed by atoms with Gasteiger partial charge in [0, 0.05) is 18.9 Å². The molecule has 1 aliphatic rings. The highest BCUT2D eigenvalue weighted by Crippen LogP contribution is 2.34. The van der Waals surface area contributed by atoms with Crippen LogP contribution in [0.5, 0.6) is 0 Å². The first-order valence-electron chi connectivity index (χ1n) is 8.18. The van der Waals surface area contributed by atoms with Crippen molar-refractivity contribution >= 4 is 5.97 Å². The molecule has 4 nitrogen and oxygen atoms in total. The number of pyridine rings is 1. The third-order valence-electron chi connectivity index (χ3n) is 4.61. The summed E-state index contributed by atoms with van der Waals surface area (Å²) < 4.78 is 0. The van der Waals surface area contributed by atoms with Gasteiger partial charge in [-0.2, -0.15) is 0 Å². The van der Waals surface area contributed by atoms with Crippen molar-refractivity contribution in [2.45, 2.75) is 38.3 Å². The maximum atomic E-state index is 11.6. The number of carboxylic acid groups (broad SMARTS) is 1. The number of carboxylic acids is 1. The summed E-state index contributed by atoms with van der Waals surface area (Å²) in [7, 11) is 0. The van der Waals surface area contributed by atoms with Crippen molar-refractivity contribution in [2.75, 3.05) is 6.54 Å². The maximum absolute atomic E-state index is 11.6. The van der Waals surface area contributed by atoms with Crippen LogP contribution in [0.15, 0.2) is 48.8 Å². The monoisotopic (exact) mass is 310 g/mol. The SMILES string of the molecule is CCc1ccc(C(c2cccnc2)N2CCCC2C(=O)O)cc1. The molecule has 120 valence electrons. The van der Waals surface area contributed by atoms with E-state index in [-0.39, 0.29) is 6.04 Å². The van der Waals surface area contributed by atoms with E-state index in [1.807, 2.05) is 18.3 Å². The molecule has 0 saturated carbocycles. The number of benzene rings is 1. The minimum Gasteiger partial charge on any atom is -0.480 e. The van der Waals surface area contributed by atoms with Crippen LogP contribution in [-0.4, -0.2) is 33.5 Å². The van der Waals surface area contributed by atoms with Gasteiger partial charge in [-0.25, -0.2) is 0 Å². The molecule has 0 bridgehead atoms. The Morgan fingerprint density at radius 1 is 1.30 bits per heavy atom. The molecule has 2 heterocycles. The molecule has 1 saturated heterocycles. The van der Waals surface area contributed by atoms with Crippen LogP contribution in [0.25, 0.3) is 0 Å². The number of hydrogen-bond donors (Lipinski definition) is 1. The minimum absolute atomic E-state index is 0.0572. The summed E-state index contributed by atoms with van der Waals surface area (Å²) >= 11 is 0. The minimum atomic E-state index is -0.735. The van der Waals surface area contributed by atoms with Crippen molar-refractivity contribution in [1.29, 1.82) is 0 Å². The first kappa shape index (κ1) is 15.7. The van der Waals surface area contributed by atoms with Crippen LogP contribution in [0.3, 0.4) is 0 Å². The van der Waals surface area contributed by atoms with E-state index >= 15 is 0 Å². The van der Waals surface area contributed by atoms with Gasteiger partial charge in [0.25, 0.3) is 0 Å². The fourth-order valence-corrected chi connectivity index (χ4v) is 3.41. The molecule has 2 aromatic rings. The lowest BCUT2D eigenvalue weighted by Gasteiger charge is -2.31. The summed E-state index contributed by atoms with van der Waals surface area (Å²) in [4.78, 5) is 18.0. The van der Waals surface area contributed by atoms with E-state index in [1.54, 1.807) is 6.20 Å². The van der Waals surface area contributed by atoms with Crippen molar-refractivity contribution < 1.29 is 9.90 Å². The quantitative estimate of drug-likeness (QED) is 0.921. The number of likely N-dealkylation sites (tertiary alicyclic amines) is 1. The number of rotatable bonds is 5. The van der Waals surface area contributed by atoms with Gasteiger partial charge in [-0.1, -0.05) is 37.3 Å². The molecule has 4 heteroatoms. The van der Waals surface area contributed by atoms with Gasteiger partial charge in [0.1, 0.15) is 6.04 Å². The first-order chi connectivity index (χ1) is 11.2. The highest BCUT2D eigenvalue weighted by Gasteiger charge is 2.36. The maximum Gasteiger partial charge on any atom is 0.320 e. The summed E-state index contributed by atoms with van der Waals surface area (Å²) in [6, 6.07) is 12.0. The molecule has 1 aromatic carbocycles. The number of hydrogen-bond acceptors (Lipinski definition) is 3. The third-order valence-corrected chi connectivity index (χ3v) is 4.61. The average molecular weight is 310 g/mol. The summed E-state index contributed by atoms with van der Waals surface area (Å²) in [6.45, 7) is 2.93. The Labute approximate surface area is 136 Å². The van der Waals surface area contributed by atoms with Crippen LogP contribution in [0.2, 0.25) is 0 Å². The standard InChI is InChI=1S/C19H22N2O2/c1-2-14-7-9-15(10-8-14)18(16-5-3-11-20-13-16)21-12-4-6-17(21)19(22)23/h3,5,7-11,13,17-18H,2,4,6,12H2,1H3,(H,22,23). The topological polar surface area (TPSA) is 53.4 Å². The Bertz CT molecular complexity index is 655. The van der Waals surface area contributed by atoms with Crippen LogP contribution in [-0.2, 0) is 11.2 Å². The van der Waals surface area contributed by atoms with E-state index < -0.39 is 12.0 Å². The molecule has 0 aliphatic carbocycles. The van der Waals surface area contributed by atoms with Gasteiger partial charge < -0.3 is 5.11 Å². The number of aromatic nitrogens is 1. The molecule has 0 amide bonds. The smallest absolute Gasteiger partial charge is 0.320 e. The zero-order valence-corrected chi connectivity index (χ0v) is 13.4. The zero-order valence-electron chi connectivity index (χ0n) is 13.4. The van der Waals surface area contributed by atoms with E-state index in [1.165, 1.54) is 5.56 Å². The first-order valence-corrected chi connectivity index (χ1v) is 8.18. The Morgan fingerprint density at radius 3 is 2.70 bits per heavy atom. The van der Waals surface area contributed by atoms with Gasteiger partial charge >= 0.3 is 5.97 Å². The number of aliphatic carboxylic acids is 1. The van der Waals surface area contributed by atoms with E-state index in [0.29, 0.717) is 6.42 Å². The molecule has 2 unspecified atom stereocenters. The Balaban J connectivity index is 2.01. The van der Waals surface area contributed by atoms with Gasteiger partial charge in [-0.15, -0.1) is 0 Å². The molecule has 0 spiro atoms. The number of nitrogens with zero attached hydrogens (tertiary/aromatic N) is 2. The summed E-state index contributed by atoms with van der Waals surface area (Å²) in [5, 5.41) is 9.55. The lowest BCUT2D eigenvalue weighted by molar-refractivity contribution is -0.142. The second kappa shape index (κ2) is 6.92. The predicted molar refractivity (Wildman–Crippen MR) is 89.3 cm³/mol. The van der Waals surface area contributed by atoms with Crippen LogP contribution < -0.4 is 0 Å². The highest BCUT2D eigenvalue weighted by atomic mass is 16.4. The number of aryl methyl sites for hydroxylation is 1. The second-order valence-electron chi connectivity index (χ2n) is 6.02. The lowest BCUT2D eigenvalue weighted by Crippen LogP contribution is -2.39. The Hall–Kier alpha value is -2.20. The van der Waals surface area contributed by atoms with Gasteiger partial charge in [-0.3, -0.25) is 14.7 Å².